The van der Waals surface area contributed by atoms with Crippen LogP contribution in [-0.4, -0.2) is 58.3 Å². The summed E-state index contributed by atoms with van der Waals surface area (Å²) in [5, 5.41) is 8.40. The molecule has 1 saturated heterocycles. The fourth-order valence-corrected chi connectivity index (χ4v) is 4.15. The number of nitrogens with zero attached hydrogens (tertiary/aromatic N) is 5. The van der Waals surface area contributed by atoms with E-state index in [4.69, 9.17) is 11.6 Å². The van der Waals surface area contributed by atoms with Crippen molar-refractivity contribution in [3.05, 3.63) is 76.2 Å². The van der Waals surface area contributed by atoms with Crippen molar-refractivity contribution in [2.75, 3.05) is 37.6 Å². The summed E-state index contributed by atoms with van der Waals surface area (Å²) in [6.45, 7) is 9.02. The lowest BCUT2D eigenvalue weighted by Gasteiger charge is -2.35. The van der Waals surface area contributed by atoms with E-state index in [1.165, 1.54) is 5.56 Å². The van der Waals surface area contributed by atoms with Gasteiger partial charge in [-0.15, -0.1) is 0 Å². The number of rotatable bonds is 7. The van der Waals surface area contributed by atoms with Gasteiger partial charge in [-0.2, -0.15) is 5.10 Å². The van der Waals surface area contributed by atoms with Gasteiger partial charge in [-0.25, -0.2) is 4.98 Å². The van der Waals surface area contributed by atoms with Crippen molar-refractivity contribution in [3.8, 4) is 0 Å². The molecule has 8 heteroatoms. The van der Waals surface area contributed by atoms with Crippen molar-refractivity contribution in [2.24, 2.45) is 0 Å². The van der Waals surface area contributed by atoms with E-state index in [1.807, 2.05) is 41.9 Å². The number of halogens is 1. The van der Waals surface area contributed by atoms with Gasteiger partial charge in [0.25, 0.3) is 0 Å². The molecule has 0 unspecified atom stereocenters. The Morgan fingerprint density at radius 1 is 1.06 bits per heavy atom. The van der Waals surface area contributed by atoms with Gasteiger partial charge in [-0.05, 0) is 31.5 Å². The Labute approximate surface area is 194 Å². The molecular weight excluding hydrogens is 424 g/mol. The summed E-state index contributed by atoms with van der Waals surface area (Å²) in [5.41, 5.74) is 4.35. The summed E-state index contributed by atoms with van der Waals surface area (Å²) in [6, 6.07) is 14.1. The van der Waals surface area contributed by atoms with E-state index < -0.39 is 0 Å². The van der Waals surface area contributed by atoms with E-state index in [0.717, 1.165) is 55.5 Å². The molecule has 168 valence electrons. The van der Waals surface area contributed by atoms with E-state index in [9.17, 15) is 4.79 Å². The molecule has 0 aliphatic carbocycles. The minimum absolute atomic E-state index is 0.0395. The minimum atomic E-state index is 0.0395. The second-order valence-corrected chi connectivity index (χ2v) is 8.60. The lowest BCUT2D eigenvalue weighted by atomic mass is 10.2. The predicted molar refractivity (Wildman–Crippen MR) is 127 cm³/mol. The van der Waals surface area contributed by atoms with E-state index in [0.29, 0.717) is 18.1 Å². The average molecular weight is 453 g/mol. The molecule has 2 aromatic heterocycles. The molecule has 1 N–H and O–H groups in total. The Bertz CT molecular complexity index is 1040. The molecule has 32 heavy (non-hydrogen) atoms. The lowest BCUT2D eigenvalue weighted by Crippen LogP contribution is -2.49. The number of pyridine rings is 1. The van der Waals surface area contributed by atoms with E-state index in [2.05, 4.69) is 44.3 Å². The lowest BCUT2D eigenvalue weighted by molar-refractivity contribution is -0.122. The molecular formula is C24H29ClN6O. The molecule has 0 spiro atoms. The topological polar surface area (TPSA) is 66.3 Å². The molecule has 0 saturated carbocycles. The number of carbonyl (C=O) groups is 1. The number of anilines is 1. The highest BCUT2D eigenvalue weighted by atomic mass is 35.5. The molecule has 1 aliphatic rings. The molecule has 3 heterocycles. The van der Waals surface area contributed by atoms with E-state index in [1.54, 1.807) is 6.20 Å². The van der Waals surface area contributed by atoms with Crippen LogP contribution in [0.5, 0.6) is 0 Å². The van der Waals surface area contributed by atoms with Crippen LogP contribution in [0.15, 0.2) is 48.7 Å². The minimum Gasteiger partial charge on any atom is -0.354 e. The maximum absolute atomic E-state index is 12.6. The van der Waals surface area contributed by atoms with Crippen LogP contribution in [0.1, 0.15) is 22.5 Å². The van der Waals surface area contributed by atoms with Crippen molar-refractivity contribution < 1.29 is 4.79 Å². The standard InChI is InChI=1S/C24H29ClN6O/c1-18-22(19(2)31(28-18)16-20-6-4-3-5-7-20)15-27-24(32)17-29-10-12-30(13-11-29)23-9-8-21(25)14-26-23/h3-9,14H,10-13,15-17H2,1-2H3,(H,27,32). The summed E-state index contributed by atoms with van der Waals surface area (Å²) in [4.78, 5) is 21.4. The monoisotopic (exact) mass is 452 g/mol. The Morgan fingerprint density at radius 2 is 1.81 bits per heavy atom. The summed E-state index contributed by atoms with van der Waals surface area (Å²) in [7, 11) is 0. The van der Waals surface area contributed by atoms with Gasteiger partial charge < -0.3 is 10.2 Å². The van der Waals surface area contributed by atoms with Crippen molar-refractivity contribution in [3.63, 3.8) is 0 Å². The van der Waals surface area contributed by atoms with Crippen molar-refractivity contribution in [2.45, 2.75) is 26.9 Å². The van der Waals surface area contributed by atoms with Crippen LogP contribution < -0.4 is 10.2 Å². The fraction of sp³-hybridized carbons (Fsp3) is 0.375. The van der Waals surface area contributed by atoms with E-state index in [-0.39, 0.29) is 5.91 Å². The van der Waals surface area contributed by atoms with Gasteiger partial charge in [0.2, 0.25) is 5.91 Å². The third-order valence-electron chi connectivity index (χ3n) is 5.94. The summed E-state index contributed by atoms with van der Waals surface area (Å²) >= 11 is 5.92. The highest BCUT2D eigenvalue weighted by molar-refractivity contribution is 6.30. The molecule has 3 aromatic rings. The third kappa shape index (κ3) is 5.47. The predicted octanol–water partition coefficient (Wildman–Crippen LogP) is 3.04. The molecule has 7 nitrogen and oxygen atoms in total. The second-order valence-electron chi connectivity index (χ2n) is 8.17. The van der Waals surface area contributed by atoms with Gasteiger partial charge in [0.05, 0.1) is 23.8 Å². The smallest absolute Gasteiger partial charge is 0.234 e. The molecule has 1 amide bonds. The molecule has 0 radical (unpaired) electrons. The highest BCUT2D eigenvalue weighted by Gasteiger charge is 2.20. The number of carbonyl (C=O) groups excluding carboxylic acids is 1. The zero-order valence-corrected chi connectivity index (χ0v) is 19.3. The normalized spacial score (nSPS) is 14.5. The quantitative estimate of drug-likeness (QED) is 0.597. The number of benzene rings is 1. The van der Waals surface area contributed by atoms with Crippen molar-refractivity contribution in [1.82, 2.24) is 25.0 Å². The van der Waals surface area contributed by atoms with Gasteiger partial charge in [-0.1, -0.05) is 41.9 Å². The first-order valence-electron chi connectivity index (χ1n) is 10.9. The van der Waals surface area contributed by atoms with Gasteiger partial charge in [0.15, 0.2) is 0 Å². The zero-order chi connectivity index (χ0) is 22.5. The van der Waals surface area contributed by atoms with Crippen LogP contribution in [0.4, 0.5) is 5.82 Å². The maximum Gasteiger partial charge on any atom is 0.234 e. The Balaban J connectivity index is 1.26. The number of nitrogens with one attached hydrogen (secondary N) is 1. The summed E-state index contributed by atoms with van der Waals surface area (Å²) in [5.74, 6) is 0.967. The second kappa shape index (κ2) is 10.1. The number of aromatic nitrogens is 3. The largest absolute Gasteiger partial charge is 0.354 e. The molecule has 1 fully saturated rings. The maximum atomic E-state index is 12.6. The van der Waals surface area contributed by atoms with Crippen LogP contribution in [0.2, 0.25) is 5.02 Å². The van der Waals surface area contributed by atoms with E-state index >= 15 is 0 Å². The first-order chi connectivity index (χ1) is 15.5. The molecule has 0 atom stereocenters. The van der Waals surface area contributed by atoms with Gasteiger partial charge in [0, 0.05) is 50.2 Å². The van der Waals surface area contributed by atoms with Gasteiger partial charge in [0.1, 0.15) is 5.82 Å². The molecule has 0 bridgehead atoms. The summed E-state index contributed by atoms with van der Waals surface area (Å²) in [6.07, 6.45) is 1.67. The van der Waals surface area contributed by atoms with Crippen LogP contribution in [0, 0.1) is 13.8 Å². The van der Waals surface area contributed by atoms with Gasteiger partial charge in [-0.3, -0.25) is 14.4 Å². The van der Waals surface area contributed by atoms with Crippen molar-refractivity contribution >= 4 is 23.3 Å². The Hall–Kier alpha value is -2.90. The van der Waals surface area contributed by atoms with Gasteiger partial charge >= 0.3 is 0 Å². The van der Waals surface area contributed by atoms with Crippen LogP contribution >= 0.6 is 11.6 Å². The first kappa shape index (κ1) is 22.3. The van der Waals surface area contributed by atoms with Crippen LogP contribution in [-0.2, 0) is 17.9 Å². The average Bonchev–Trinajstić information content (AvgIpc) is 3.06. The molecule has 1 aromatic carbocycles. The molecule has 1 aliphatic heterocycles. The number of amides is 1. The first-order valence-corrected chi connectivity index (χ1v) is 11.3. The van der Waals surface area contributed by atoms with Crippen LogP contribution in [0.3, 0.4) is 0 Å². The third-order valence-corrected chi connectivity index (χ3v) is 6.17. The fourth-order valence-electron chi connectivity index (χ4n) is 4.04. The SMILES string of the molecule is Cc1nn(Cc2ccccc2)c(C)c1CNC(=O)CN1CCN(c2ccc(Cl)cn2)CC1. The highest BCUT2D eigenvalue weighted by Crippen LogP contribution is 2.17. The Morgan fingerprint density at radius 3 is 2.50 bits per heavy atom. The zero-order valence-electron chi connectivity index (χ0n) is 18.6. The number of hydrogen-bond donors (Lipinski definition) is 1. The number of hydrogen-bond acceptors (Lipinski definition) is 5. The summed E-state index contributed by atoms with van der Waals surface area (Å²) < 4.78 is 2.01. The van der Waals surface area contributed by atoms with Crippen LogP contribution in [0.25, 0.3) is 0 Å². The number of piperazine rings is 1. The Kier molecular flexibility index (Phi) is 7.07. The molecule has 4 rings (SSSR count). The number of aryl methyl sites for hydroxylation is 1. The van der Waals surface area contributed by atoms with Crippen molar-refractivity contribution in [1.29, 1.82) is 0 Å².